The summed E-state index contributed by atoms with van der Waals surface area (Å²) in [5, 5.41) is 11.2. The van der Waals surface area contributed by atoms with Crippen LogP contribution in [-0.4, -0.2) is 10.5 Å². The second-order valence-corrected chi connectivity index (χ2v) is 5.34. The Morgan fingerprint density at radius 1 is 1.12 bits per heavy atom. The Kier molecular flexibility index (Phi) is 4.81. The first-order chi connectivity index (χ1) is 11.5. The molecule has 0 aliphatic carbocycles. The van der Waals surface area contributed by atoms with E-state index < -0.39 is 29.0 Å². The third-order valence-electron chi connectivity index (χ3n) is 2.68. The van der Waals surface area contributed by atoms with E-state index >= 15 is 0 Å². The molecule has 25 heavy (non-hydrogen) atoms. The molecule has 2 N–H and O–H groups in total. The van der Waals surface area contributed by atoms with Gasteiger partial charge in [-0.25, -0.2) is 0 Å². The SMILES string of the molecule is N#Cc1c(Nc2cc(C#CC(F)(F)F)cc(C(F)(F)F)c2)s[nH]c1=O. The number of nitrogens with one attached hydrogen (secondary N) is 2. The first-order valence-corrected chi connectivity index (χ1v) is 7.02. The molecule has 1 heterocycles. The number of benzene rings is 1. The maximum atomic E-state index is 12.9. The van der Waals surface area contributed by atoms with Gasteiger partial charge in [-0.3, -0.25) is 9.17 Å². The third-order valence-corrected chi connectivity index (χ3v) is 3.48. The molecule has 0 saturated heterocycles. The lowest BCUT2D eigenvalue weighted by molar-refractivity contribution is -0.137. The molecule has 11 heteroatoms. The number of hydrogen-bond donors (Lipinski definition) is 2. The van der Waals surface area contributed by atoms with Crippen LogP contribution < -0.4 is 10.9 Å². The topological polar surface area (TPSA) is 68.7 Å². The first-order valence-electron chi connectivity index (χ1n) is 6.20. The lowest BCUT2D eigenvalue weighted by Crippen LogP contribution is -2.07. The van der Waals surface area contributed by atoms with Crippen molar-refractivity contribution in [1.29, 1.82) is 5.26 Å². The van der Waals surface area contributed by atoms with Gasteiger partial charge in [-0.2, -0.15) is 31.6 Å². The van der Waals surface area contributed by atoms with Crippen LogP contribution in [0.2, 0.25) is 0 Å². The highest BCUT2D eigenvalue weighted by molar-refractivity contribution is 7.10. The summed E-state index contributed by atoms with van der Waals surface area (Å²) < 4.78 is 77.4. The minimum atomic E-state index is -4.87. The van der Waals surface area contributed by atoms with Gasteiger partial charge in [0, 0.05) is 17.2 Å². The van der Waals surface area contributed by atoms with E-state index in [9.17, 15) is 31.1 Å². The van der Waals surface area contributed by atoms with Gasteiger partial charge in [-0.1, -0.05) is 5.92 Å². The van der Waals surface area contributed by atoms with Gasteiger partial charge in [-0.05, 0) is 29.7 Å². The molecule has 130 valence electrons. The fourth-order valence-electron chi connectivity index (χ4n) is 1.70. The van der Waals surface area contributed by atoms with Gasteiger partial charge in [0.1, 0.15) is 11.1 Å². The van der Waals surface area contributed by atoms with Gasteiger partial charge in [0.25, 0.3) is 5.56 Å². The standard InChI is InChI=1S/C14H5F6N3OS/c15-13(16,17)2-1-7-3-8(14(18,19)20)5-9(4-7)22-12-10(6-21)11(24)23-25-12/h3-5,22H,(H,23,24). The molecule has 4 nitrogen and oxygen atoms in total. The van der Waals surface area contributed by atoms with Crippen molar-refractivity contribution in [3.8, 4) is 17.9 Å². The molecular weight excluding hydrogens is 372 g/mol. The molecule has 0 aliphatic rings. The number of halogens is 6. The van der Waals surface area contributed by atoms with Gasteiger partial charge in [-0.15, -0.1) is 0 Å². The molecule has 0 atom stereocenters. The van der Waals surface area contributed by atoms with Gasteiger partial charge >= 0.3 is 12.4 Å². The Morgan fingerprint density at radius 2 is 1.80 bits per heavy atom. The average Bonchev–Trinajstić information content (AvgIpc) is 2.83. The molecular formula is C14H5F6N3OS. The predicted octanol–water partition coefficient (Wildman–Crippen LogP) is 3.98. The van der Waals surface area contributed by atoms with E-state index in [0.29, 0.717) is 23.7 Å². The van der Waals surface area contributed by atoms with Crippen LogP contribution in [0.5, 0.6) is 0 Å². The zero-order chi connectivity index (χ0) is 18.8. The van der Waals surface area contributed by atoms with Gasteiger partial charge in [0.05, 0.1) is 5.56 Å². The monoisotopic (exact) mass is 377 g/mol. The molecule has 2 aromatic rings. The van der Waals surface area contributed by atoms with Crippen LogP contribution in [0.4, 0.5) is 37.0 Å². The Labute approximate surface area is 139 Å². The highest BCUT2D eigenvalue weighted by atomic mass is 32.1. The summed E-state index contributed by atoms with van der Waals surface area (Å²) in [5.41, 5.74) is -3.13. The van der Waals surface area contributed by atoms with E-state index in [0.717, 1.165) is 12.0 Å². The van der Waals surface area contributed by atoms with E-state index in [-0.39, 0.29) is 16.3 Å². The zero-order valence-corrected chi connectivity index (χ0v) is 12.6. The minimum Gasteiger partial charge on any atom is -0.345 e. The van der Waals surface area contributed by atoms with Gasteiger partial charge in [0.2, 0.25) is 0 Å². The fraction of sp³-hybridized carbons (Fsp3) is 0.143. The molecule has 0 bridgehead atoms. The Bertz CT molecular complexity index is 952. The molecule has 2 rings (SSSR count). The fourth-order valence-corrected chi connectivity index (χ4v) is 2.41. The first kappa shape index (κ1) is 18.4. The van der Waals surface area contributed by atoms with Gasteiger partial charge in [0.15, 0.2) is 5.56 Å². The van der Waals surface area contributed by atoms with Crippen molar-refractivity contribution < 1.29 is 26.3 Å². The molecule has 1 aromatic heterocycles. The van der Waals surface area contributed by atoms with Crippen LogP contribution in [0.3, 0.4) is 0 Å². The number of anilines is 2. The van der Waals surface area contributed by atoms with Crippen molar-refractivity contribution in [3.63, 3.8) is 0 Å². The van der Waals surface area contributed by atoms with E-state index in [1.54, 1.807) is 12.0 Å². The maximum absolute atomic E-state index is 12.9. The molecule has 0 spiro atoms. The van der Waals surface area contributed by atoms with Crippen LogP contribution in [0.15, 0.2) is 23.0 Å². The lowest BCUT2D eigenvalue weighted by Gasteiger charge is -2.11. The molecule has 1 aromatic carbocycles. The number of nitrogens with zero attached hydrogens (tertiary/aromatic N) is 1. The molecule has 0 radical (unpaired) electrons. The smallest absolute Gasteiger partial charge is 0.345 e. The summed E-state index contributed by atoms with van der Waals surface area (Å²) in [6.07, 6.45) is -9.69. The van der Waals surface area contributed by atoms with Crippen LogP contribution in [-0.2, 0) is 6.18 Å². The number of nitriles is 1. The van der Waals surface area contributed by atoms with Crippen LogP contribution in [0.1, 0.15) is 16.7 Å². The van der Waals surface area contributed by atoms with Crippen LogP contribution in [0.25, 0.3) is 0 Å². The summed E-state index contributed by atoms with van der Waals surface area (Å²) in [7, 11) is 0. The number of alkyl halides is 6. The Hall–Kier alpha value is -2.92. The van der Waals surface area contributed by atoms with E-state index in [4.69, 9.17) is 5.26 Å². The second-order valence-electron chi connectivity index (χ2n) is 4.52. The highest BCUT2D eigenvalue weighted by Crippen LogP contribution is 2.33. The van der Waals surface area contributed by atoms with E-state index in [1.165, 1.54) is 0 Å². The van der Waals surface area contributed by atoms with Crippen molar-refractivity contribution >= 4 is 22.2 Å². The molecule has 0 aliphatic heterocycles. The van der Waals surface area contributed by atoms with Crippen molar-refractivity contribution in [2.24, 2.45) is 0 Å². The molecule has 0 unspecified atom stereocenters. The van der Waals surface area contributed by atoms with Crippen LogP contribution in [0, 0.1) is 23.2 Å². The van der Waals surface area contributed by atoms with E-state index in [1.807, 2.05) is 0 Å². The number of hydrogen-bond acceptors (Lipinski definition) is 4. The lowest BCUT2D eigenvalue weighted by atomic mass is 10.1. The van der Waals surface area contributed by atoms with E-state index in [2.05, 4.69) is 9.69 Å². The predicted molar refractivity (Wildman–Crippen MR) is 77.3 cm³/mol. The Balaban J connectivity index is 2.51. The molecule has 0 saturated carbocycles. The summed E-state index contributed by atoms with van der Waals surface area (Å²) >= 11 is 0.664. The van der Waals surface area contributed by atoms with Crippen LogP contribution >= 0.6 is 11.5 Å². The summed E-state index contributed by atoms with van der Waals surface area (Å²) in [6.45, 7) is 0. The van der Waals surface area contributed by atoms with Crippen molar-refractivity contribution in [1.82, 2.24) is 4.37 Å². The van der Waals surface area contributed by atoms with Crippen molar-refractivity contribution in [2.75, 3.05) is 5.32 Å². The number of aromatic amines is 1. The van der Waals surface area contributed by atoms with Gasteiger partial charge < -0.3 is 5.32 Å². The number of aromatic nitrogens is 1. The quantitative estimate of drug-likeness (QED) is 0.614. The largest absolute Gasteiger partial charge is 0.458 e. The van der Waals surface area contributed by atoms with Crippen molar-refractivity contribution in [2.45, 2.75) is 12.4 Å². The zero-order valence-electron chi connectivity index (χ0n) is 11.8. The number of rotatable bonds is 2. The molecule has 0 amide bonds. The Morgan fingerprint density at radius 3 is 2.36 bits per heavy atom. The normalized spacial score (nSPS) is 11.4. The average molecular weight is 377 g/mol. The summed E-state index contributed by atoms with van der Waals surface area (Å²) in [5.74, 6) is 2.49. The highest BCUT2D eigenvalue weighted by Gasteiger charge is 2.31. The minimum absolute atomic E-state index is 0.0680. The van der Waals surface area contributed by atoms with Crippen molar-refractivity contribution in [3.05, 3.63) is 45.2 Å². The third kappa shape index (κ3) is 4.78. The summed E-state index contributed by atoms with van der Waals surface area (Å²) in [6, 6.07) is 3.61. The number of H-pyrrole nitrogens is 1. The second kappa shape index (κ2) is 6.53. The summed E-state index contributed by atoms with van der Waals surface area (Å²) in [4.78, 5) is 11.3. The molecule has 0 fully saturated rings. The maximum Gasteiger partial charge on any atom is 0.458 e.